The van der Waals surface area contributed by atoms with Gasteiger partial charge < -0.3 is 15.2 Å². The molecule has 4 aromatic rings. The van der Waals surface area contributed by atoms with Crippen molar-refractivity contribution in [3.8, 4) is 16.9 Å². The molecule has 2 N–H and O–H groups in total. The van der Waals surface area contributed by atoms with E-state index in [1.54, 1.807) is 37.4 Å². The Hall–Kier alpha value is -3.97. The van der Waals surface area contributed by atoms with E-state index in [-0.39, 0.29) is 5.56 Å². The fourth-order valence-corrected chi connectivity index (χ4v) is 3.61. The zero-order valence-corrected chi connectivity index (χ0v) is 18.1. The van der Waals surface area contributed by atoms with E-state index in [0.29, 0.717) is 27.5 Å². The maximum atomic E-state index is 13.4. The number of amides is 1. The molecule has 33 heavy (non-hydrogen) atoms. The average molecular weight is 465 g/mol. The van der Waals surface area contributed by atoms with Gasteiger partial charge in [0.15, 0.2) is 6.10 Å². The van der Waals surface area contributed by atoms with Gasteiger partial charge in [-0.25, -0.2) is 9.18 Å². The van der Waals surface area contributed by atoms with E-state index in [1.807, 2.05) is 6.07 Å². The minimum Gasteiger partial charge on any atom is -0.481 e. The molecule has 1 heterocycles. The van der Waals surface area contributed by atoms with Crippen molar-refractivity contribution in [2.45, 2.75) is 13.0 Å². The molecule has 0 aliphatic heterocycles. The molecule has 0 aliphatic rings. The Bertz CT molecular complexity index is 1360. The summed E-state index contributed by atoms with van der Waals surface area (Å²) in [6.07, 6.45) is 0.800. The Kier molecular flexibility index (Phi) is 6.24. The summed E-state index contributed by atoms with van der Waals surface area (Å²) in [5.74, 6) is -1.40. The number of fused-ring (bicyclic) bond motifs is 1. The highest BCUT2D eigenvalue weighted by Gasteiger charge is 2.16. The lowest BCUT2D eigenvalue weighted by atomic mass is 10.0. The lowest BCUT2D eigenvalue weighted by Gasteiger charge is -2.16. The number of ether oxygens (including phenoxy) is 1. The van der Waals surface area contributed by atoms with Crippen LogP contribution in [0.15, 0.2) is 72.9 Å². The predicted molar refractivity (Wildman–Crippen MR) is 124 cm³/mol. The number of carboxylic acids is 1. The first kappa shape index (κ1) is 22.2. The third-order valence-electron chi connectivity index (χ3n) is 5.02. The zero-order chi connectivity index (χ0) is 23.5. The second kappa shape index (κ2) is 9.26. The highest BCUT2D eigenvalue weighted by Crippen LogP contribution is 2.34. The molecule has 1 atom stereocenters. The molecule has 1 amide bonds. The summed E-state index contributed by atoms with van der Waals surface area (Å²) in [5, 5.41) is 12.7. The van der Waals surface area contributed by atoms with Crippen molar-refractivity contribution in [1.29, 1.82) is 0 Å². The van der Waals surface area contributed by atoms with Crippen molar-refractivity contribution >= 4 is 40.1 Å². The van der Waals surface area contributed by atoms with Gasteiger partial charge in [0.1, 0.15) is 11.6 Å². The van der Waals surface area contributed by atoms with Gasteiger partial charge in [0.25, 0.3) is 5.91 Å². The average Bonchev–Trinajstić information content (AvgIpc) is 2.79. The number of rotatable bonds is 6. The quantitative estimate of drug-likeness (QED) is 0.376. The standard InChI is InChI=1S/C25H18ClFN2O4/c1-14(24(30)29-17-5-2-15(3-6-17)25(31)32)33-18-7-9-21-19(10-11-28-23(21)13-18)20-8-4-16(27)12-22(20)26/h2-14H,1H3,(H,29,30)(H,31,32). The lowest BCUT2D eigenvalue weighted by Crippen LogP contribution is -2.30. The van der Waals surface area contributed by atoms with Crippen LogP contribution in [0.5, 0.6) is 5.75 Å². The summed E-state index contributed by atoms with van der Waals surface area (Å²) >= 11 is 6.23. The van der Waals surface area contributed by atoms with Gasteiger partial charge >= 0.3 is 5.97 Å². The van der Waals surface area contributed by atoms with E-state index in [1.165, 1.54) is 36.4 Å². The molecule has 0 bridgehead atoms. The van der Waals surface area contributed by atoms with Gasteiger partial charge in [-0.15, -0.1) is 0 Å². The number of hydrogen-bond donors (Lipinski definition) is 2. The van der Waals surface area contributed by atoms with Gasteiger partial charge in [0, 0.05) is 28.9 Å². The molecule has 4 rings (SSSR count). The van der Waals surface area contributed by atoms with Gasteiger partial charge in [0.2, 0.25) is 0 Å². The highest BCUT2D eigenvalue weighted by molar-refractivity contribution is 6.33. The summed E-state index contributed by atoms with van der Waals surface area (Å²) in [6, 6.07) is 17.1. The number of nitrogens with zero attached hydrogens (tertiary/aromatic N) is 1. The van der Waals surface area contributed by atoms with Gasteiger partial charge in [-0.1, -0.05) is 11.6 Å². The molecule has 8 heteroatoms. The maximum Gasteiger partial charge on any atom is 0.335 e. The fraction of sp³-hybridized carbons (Fsp3) is 0.0800. The van der Waals surface area contributed by atoms with Crippen molar-refractivity contribution in [3.05, 3.63) is 89.3 Å². The monoisotopic (exact) mass is 464 g/mol. The van der Waals surface area contributed by atoms with Crippen LogP contribution in [0.2, 0.25) is 5.02 Å². The number of carboxylic acid groups (broad SMARTS) is 1. The Morgan fingerprint density at radius 3 is 2.48 bits per heavy atom. The van der Waals surface area contributed by atoms with Crippen LogP contribution in [0.1, 0.15) is 17.3 Å². The minimum absolute atomic E-state index is 0.127. The maximum absolute atomic E-state index is 13.4. The van der Waals surface area contributed by atoms with Gasteiger partial charge in [-0.2, -0.15) is 0 Å². The fourth-order valence-electron chi connectivity index (χ4n) is 3.34. The number of hydrogen-bond acceptors (Lipinski definition) is 4. The smallest absolute Gasteiger partial charge is 0.335 e. The number of anilines is 1. The van der Waals surface area contributed by atoms with Crippen molar-refractivity contribution in [2.75, 3.05) is 5.32 Å². The third kappa shape index (κ3) is 4.94. The number of benzene rings is 3. The number of aromatic carboxylic acids is 1. The SMILES string of the molecule is CC(Oc1ccc2c(-c3ccc(F)cc3Cl)ccnc2c1)C(=O)Nc1ccc(C(=O)O)cc1. The van der Waals surface area contributed by atoms with Crippen LogP contribution in [-0.4, -0.2) is 28.1 Å². The molecule has 0 saturated heterocycles. The van der Waals surface area contributed by atoms with Crippen LogP contribution in [-0.2, 0) is 4.79 Å². The normalized spacial score (nSPS) is 11.7. The summed E-state index contributed by atoms with van der Waals surface area (Å²) < 4.78 is 19.2. The summed E-state index contributed by atoms with van der Waals surface area (Å²) in [5.41, 5.74) is 2.69. The molecule has 0 radical (unpaired) electrons. The number of carbonyl (C=O) groups excluding carboxylic acids is 1. The number of carbonyl (C=O) groups is 2. The molecule has 0 fully saturated rings. The summed E-state index contributed by atoms with van der Waals surface area (Å²) in [7, 11) is 0. The second-order valence-corrected chi connectivity index (χ2v) is 7.70. The first-order valence-corrected chi connectivity index (χ1v) is 10.3. The molecule has 3 aromatic carbocycles. The van der Waals surface area contributed by atoms with E-state index < -0.39 is 23.8 Å². The van der Waals surface area contributed by atoms with Crippen LogP contribution in [0.3, 0.4) is 0 Å². The largest absolute Gasteiger partial charge is 0.481 e. The molecule has 6 nitrogen and oxygen atoms in total. The van der Waals surface area contributed by atoms with E-state index in [4.69, 9.17) is 21.4 Å². The predicted octanol–water partition coefficient (Wildman–Crippen LogP) is 5.80. The molecule has 0 aliphatic carbocycles. The molecular formula is C25H18ClFN2O4. The first-order chi connectivity index (χ1) is 15.8. The number of pyridine rings is 1. The molecular weight excluding hydrogens is 447 g/mol. The van der Waals surface area contributed by atoms with E-state index in [0.717, 1.165) is 10.9 Å². The van der Waals surface area contributed by atoms with Crippen molar-refractivity contribution in [2.24, 2.45) is 0 Å². The second-order valence-electron chi connectivity index (χ2n) is 7.29. The third-order valence-corrected chi connectivity index (χ3v) is 5.33. The molecule has 1 aromatic heterocycles. The number of aromatic nitrogens is 1. The first-order valence-electron chi connectivity index (χ1n) is 9.97. The summed E-state index contributed by atoms with van der Waals surface area (Å²) in [6.45, 7) is 1.60. The number of halogens is 2. The van der Waals surface area contributed by atoms with Crippen molar-refractivity contribution < 1.29 is 23.8 Å². The van der Waals surface area contributed by atoms with Gasteiger partial charge in [0.05, 0.1) is 16.1 Å². The Morgan fingerprint density at radius 1 is 1.03 bits per heavy atom. The van der Waals surface area contributed by atoms with Crippen molar-refractivity contribution in [3.63, 3.8) is 0 Å². The molecule has 166 valence electrons. The van der Waals surface area contributed by atoms with Crippen molar-refractivity contribution in [1.82, 2.24) is 4.98 Å². The van der Waals surface area contributed by atoms with E-state index in [9.17, 15) is 14.0 Å². The van der Waals surface area contributed by atoms with E-state index >= 15 is 0 Å². The summed E-state index contributed by atoms with van der Waals surface area (Å²) in [4.78, 5) is 27.8. The number of nitrogens with one attached hydrogen (secondary N) is 1. The Labute approximate surface area is 193 Å². The highest BCUT2D eigenvalue weighted by atomic mass is 35.5. The van der Waals surface area contributed by atoms with Gasteiger partial charge in [-0.3, -0.25) is 9.78 Å². The lowest BCUT2D eigenvalue weighted by molar-refractivity contribution is -0.122. The van der Waals surface area contributed by atoms with E-state index in [2.05, 4.69) is 10.3 Å². The minimum atomic E-state index is -1.04. The van der Waals surface area contributed by atoms with Crippen LogP contribution in [0, 0.1) is 5.82 Å². The van der Waals surface area contributed by atoms with Crippen LogP contribution in [0.25, 0.3) is 22.0 Å². The molecule has 0 spiro atoms. The van der Waals surface area contributed by atoms with Crippen LogP contribution >= 0.6 is 11.6 Å². The van der Waals surface area contributed by atoms with Crippen LogP contribution in [0.4, 0.5) is 10.1 Å². The Balaban J connectivity index is 1.51. The Morgan fingerprint density at radius 2 is 1.79 bits per heavy atom. The van der Waals surface area contributed by atoms with Gasteiger partial charge in [-0.05, 0) is 73.2 Å². The topological polar surface area (TPSA) is 88.5 Å². The van der Waals surface area contributed by atoms with Crippen LogP contribution < -0.4 is 10.1 Å². The molecule has 1 unspecified atom stereocenters. The molecule has 0 saturated carbocycles. The zero-order valence-electron chi connectivity index (χ0n) is 17.4.